The molecule has 3 rings (SSSR count). The Morgan fingerprint density at radius 2 is 1.62 bits per heavy atom. The van der Waals surface area contributed by atoms with E-state index in [1.165, 1.54) is 0 Å². The largest absolute Gasteiger partial charge is 0.490 e. The van der Waals surface area contributed by atoms with Crippen molar-refractivity contribution in [3.63, 3.8) is 0 Å². The van der Waals surface area contributed by atoms with Gasteiger partial charge >= 0.3 is 0 Å². The molecule has 1 aliphatic carbocycles. The summed E-state index contributed by atoms with van der Waals surface area (Å²) in [6, 6.07) is 11.3. The molecule has 0 unspecified atom stereocenters. The fourth-order valence-corrected chi connectivity index (χ4v) is 2.54. The first-order valence-electron chi connectivity index (χ1n) is 7.13. The fraction of sp³-hybridized carbons (Fsp3) is 0.278. The van der Waals surface area contributed by atoms with E-state index in [0.717, 1.165) is 39.8 Å². The maximum absolute atomic E-state index is 12.6. The van der Waals surface area contributed by atoms with Crippen LogP contribution in [0.5, 0.6) is 5.75 Å². The van der Waals surface area contributed by atoms with Crippen molar-refractivity contribution in [3.8, 4) is 5.75 Å². The third kappa shape index (κ3) is 3.18. The van der Waals surface area contributed by atoms with Gasteiger partial charge in [-0.05, 0) is 74.2 Å². The summed E-state index contributed by atoms with van der Waals surface area (Å²) in [4.78, 5) is 12.6. The standard InChI is InChI=1S/C18H17BrO2/c1-11-9-14(10-12(2)17(11)19)18(20)13-3-5-15(6-4-13)21-16-7-8-16/h3-6,9-10,16H,7-8H2,1-2H3. The Kier molecular flexibility index (Phi) is 3.85. The first kappa shape index (κ1) is 14.3. The van der Waals surface area contributed by atoms with Gasteiger partial charge in [0, 0.05) is 15.6 Å². The van der Waals surface area contributed by atoms with Crippen LogP contribution in [0.15, 0.2) is 40.9 Å². The molecule has 0 spiro atoms. The number of carbonyl (C=O) groups excluding carboxylic acids is 1. The number of halogens is 1. The smallest absolute Gasteiger partial charge is 0.193 e. The van der Waals surface area contributed by atoms with Crippen LogP contribution in [0.4, 0.5) is 0 Å². The summed E-state index contributed by atoms with van der Waals surface area (Å²) in [6.07, 6.45) is 2.65. The van der Waals surface area contributed by atoms with E-state index in [9.17, 15) is 4.79 Å². The monoisotopic (exact) mass is 344 g/mol. The van der Waals surface area contributed by atoms with Crippen LogP contribution in [0.3, 0.4) is 0 Å². The van der Waals surface area contributed by atoms with Crippen molar-refractivity contribution in [3.05, 3.63) is 63.1 Å². The van der Waals surface area contributed by atoms with Gasteiger partial charge in [-0.25, -0.2) is 0 Å². The third-order valence-corrected chi connectivity index (χ3v) is 4.89. The lowest BCUT2D eigenvalue weighted by Gasteiger charge is -2.08. The zero-order valence-corrected chi connectivity index (χ0v) is 13.7. The second-order valence-corrected chi connectivity index (χ2v) is 6.39. The van der Waals surface area contributed by atoms with Crippen LogP contribution >= 0.6 is 15.9 Å². The van der Waals surface area contributed by atoms with Crippen LogP contribution in [0.25, 0.3) is 0 Å². The van der Waals surface area contributed by atoms with E-state index in [0.29, 0.717) is 11.7 Å². The molecule has 0 atom stereocenters. The summed E-state index contributed by atoms with van der Waals surface area (Å²) in [7, 11) is 0. The number of benzene rings is 2. The molecule has 1 fully saturated rings. The Labute approximate surface area is 133 Å². The molecular weight excluding hydrogens is 328 g/mol. The number of ketones is 1. The Morgan fingerprint density at radius 3 is 2.14 bits per heavy atom. The molecule has 1 aliphatic rings. The van der Waals surface area contributed by atoms with Gasteiger partial charge in [-0.1, -0.05) is 15.9 Å². The maximum atomic E-state index is 12.6. The van der Waals surface area contributed by atoms with Gasteiger partial charge in [0.15, 0.2) is 5.78 Å². The van der Waals surface area contributed by atoms with Crippen molar-refractivity contribution >= 4 is 21.7 Å². The number of aryl methyl sites for hydroxylation is 2. The van der Waals surface area contributed by atoms with Crippen LogP contribution in [0, 0.1) is 13.8 Å². The Bertz CT molecular complexity index is 662. The van der Waals surface area contributed by atoms with Gasteiger partial charge in [0.2, 0.25) is 0 Å². The highest BCUT2D eigenvalue weighted by molar-refractivity contribution is 9.10. The number of carbonyl (C=O) groups is 1. The molecule has 2 aromatic carbocycles. The molecule has 2 nitrogen and oxygen atoms in total. The second kappa shape index (κ2) is 5.64. The first-order valence-corrected chi connectivity index (χ1v) is 7.92. The van der Waals surface area contributed by atoms with Crippen LogP contribution in [-0.2, 0) is 0 Å². The van der Waals surface area contributed by atoms with E-state index in [4.69, 9.17) is 4.74 Å². The van der Waals surface area contributed by atoms with Gasteiger partial charge in [0.25, 0.3) is 0 Å². The van der Waals surface area contributed by atoms with E-state index in [2.05, 4.69) is 15.9 Å². The van der Waals surface area contributed by atoms with Gasteiger partial charge in [-0.15, -0.1) is 0 Å². The number of ether oxygens (including phenoxy) is 1. The summed E-state index contributed by atoms with van der Waals surface area (Å²) >= 11 is 3.53. The average molecular weight is 345 g/mol. The maximum Gasteiger partial charge on any atom is 0.193 e. The Morgan fingerprint density at radius 1 is 1.05 bits per heavy atom. The molecule has 21 heavy (non-hydrogen) atoms. The Hall–Kier alpha value is -1.61. The van der Waals surface area contributed by atoms with Crippen molar-refractivity contribution in [2.75, 3.05) is 0 Å². The first-order chi connectivity index (χ1) is 10.0. The molecule has 0 N–H and O–H groups in total. The normalized spacial score (nSPS) is 14.0. The molecular formula is C18H17BrO2. The van der Waals surface area contributed by atoms with Crippen LogP contribution in [0.2, 0.25) is 0 Å². The molecule has 0 aliphatic heterocycles. The lowest BCUT2D eigenvalue weighted by Crippen LogP contribution is -2.03. The van der Waals surface area contributed by atoms with Crippen LogP contribution < -0.4 is 4.74 Å². The van der Waals surface area contributed by atoms with Crippen LogP contribution in [0.1, 0.15) is 39.9 Å². The summed E-state index contributed by atoms with van der Waals surface area (Å²) in [5.41, 5.74) is 3.57. The predicted octanol–water partition coefficient (Wildman–Crippen LogP) is 4.84. The Balaban J connectivity index is 1.83. The molecule has 0 saturated heterocycles. The zero-order valence-electron chi connectivity index (χ0n) is 12.2. The van der Waals surface area contributed by atoms with Crippen molar-refractivity contribution < 1.29 is 9.53 Å². The van der Waals surface area contributed by atoms with Crippen LogP contribution in [-0.4, -0.2) is 11.9 Å². The van der Waals surface area contributed by atoms with E-state index in [1.54, 1.807) is 0 Å². The van der Waals surface area contributed by atoms with Gasteiger partial charge in [0.05, 0.1) is 6.10 Å². The lowest BCUT2D eigenvalue weighted by molar-refractivity contribution is 0.103. The highest BCUT2D eigenvalue weighted by Gasteiger charge is 2.23. The van der Waals surface area contributed by atoms with Gasteiger partial charge in [-0.3, -0.25) is 4.79 Å². The topological polar surface area (TPSA) is 26.3 Å². The van der Waals surface area contributed by atoms with Crippen molar-refractivity contribution in [2.24, 2.45) is 0 Å². The van der Waals surface area contributed by atoms with E-state index in [1.807, 2.05) is 50.2 Å². The van der Waals surface area contributed by atoms with E-state index in [-0.39, 0.29) is 5.78 Å². The number of hydrogen-bond donors (Lipinski definition) is 0. The minimum absolute atomic E-state index is 0.0478. The molecule has 0 bridgehead atoms. The average Bonchev–Trinajstić information content (AvgIpc) is 3.28. The van der Waals surface area contributed by atoms with Gasteiger partial charge in [-0.2, -0.15) is 0 Å². The minimum Gasteiger partial charge on any atom is -0.490 e. The molecule has 1 saturated carbocycles. The van der Waals surface area contributed by atoms with Gasteiger partial charge in [0.1, 0.15) is 5.75 Å². The number of rotatable bonds is 4. The van der Waals surface area contributed by atoms with Crippen molar-refractivity contribution in [2.45, 2.75) is 32.8 Å². The van der Waals surface area contributed by atoms with Crippen molar-refractivity contribution in [1.29, 1.82) is 0 Å². The SMILES string of the molecule is Cc1cc(C(=O)c2ccc(OC3CC3)cc2)cc(C)c1Br. The fourth-order valence-electron chi connectivity index (χ4n) is 2.31. The summed E-state index contributed by atoms with van der Waals surface area (Å²) in [5, 5.41) is 0. The molecule has 0 aromatic heterocycles. The van der Waals surface area contributed by atoms with E-state index < -0.39 is 0 Å². The summed E-state index contributed by atoms with van der Waals surface area (Å²) < 4.78 is 6.76. The molecule has 2 aromatic rings. The quantitative estimate of drug-likeness (QED) is 0.742. The molecule has 0 heterocycles. The lowest BCUT2D eigenvalue weighted by atomic mass is 9.99. The van der Waals surface area contributed by atoms with E-state index >= 15 is 0 Å². The zero-order chi connectivity index (χ0) is 15.0. The second-order valence-electron chi connectivity index (χ2n) is 5.59. The third-order valence-electron chi connectivity index (χ3n) is 3.64. The summed E-state index contributed by atoms with van der Waals surface area (Å²) in [6.45, 7) is 4.00. The highest BCUT2D eigenvalue weighted by atomic mass is 79.9. The molecule has 0 amide bonds. The van der Waals surface area contributed by atoms with Gasteiger partial charge < -0.3 is 4.74 Å². The molecule has 3 heteroatoms. The highest BCUT2D eigenvalue weighted by Crippen LogP contribution is 2.28. The molecule has 108 valence electrons. The molecule has 0 radical (unpaired) electrons. The minimum atomic E-state index is 0.0478. The predicted molar refractivity (Wildman–Crippen MR) is 87.1 cm³/mol. The summed E-state index contributed by atoms with van der Waals surface area (Å²) in [5.74, 6) is 0.892. The number of hydrogen-bond acceptors (Lipinski definition) is 2. The van der Waals surface area contributed by atoms with Crippen molar-refractivity contribution in [1.82, 2.24) is 0 Å².